The molecule has 1 aromatic heterocycles. The first-order chi connectivity index (χ1) is 14.7. The Hall–Kier alpha value is -3.31. The van der Waals surface area contributed by atoms with Gasteiger partial charge in [0.15, 0.2) is 0 Å². The minimum absolute atomic E-state index is 0.322. The fourth-order valence-electron chi connectivity index (χ4n) is 3.79. The Morgan fingerprint density at radius 2 is 1.73 bits per heavy atom. The molecule has 0 saturated carbocycles. The van der Waals surface area contributed by atoms with E-state index in [2.05, 4.69) is 54.4 Å². The molecule has 5 heteroatoms. The van der Waals surface area contributed by atoms with E-state index in [1.54, 1.807) is 11.8 Å². The molecule has 0 radical (unpaired) electrons. The molecule has 30 heavy (non-hydrogen) atoms. The topological polar surface area (TPSA) is 42.4 Å². The van der Waals surface area contributed by atoms with E-state index >= 15 is 0 Å². The van der Waals surface area contributed by atoms with Gasteiger partial charge in [0.1, 0.15) is 0 Å². The molecule has 0 fully saturated rings. The monoisotopic (exact) mass is 412 g/mol. The largest absolute Gasteiger partial charge is 0.462 e. The zero-order valence-corrected chi connectivity index (χ0v) is 17.6. The molecule has 0 spiro atoms. The van der Waals surface area contributed by atoms with Crippen LogP contribution in [0.25, 0.3) is 22.2 Å². The number of hydrogen-bond donors (Lipinski definition) is 0. The van der Waals surface area contributed by atoms with Crippen molar-refractivity contribution < 1.29 is 9.53 Å². The number of benzene rings is 3. The predicted molar refractivity (Wildman–Crippen MR) is 122 cm³/mol. The van der Waals surface area contributed by atoms with Crippen LogP contribution in [0.5, 0.6) is 0 Å². The molecule has 148 valence electrons. The van der Waals surface area contributed by atoms with Gasteiger partial charge in [0.25, 0.3) is 0 Å². The number of ether oxygens (including phenoxy) is 1. The van der Waals surface area contributed by atoms with Crippen molar-refractivity contribution in [2.45, 2.75) is 16.7 Å². The second-order valence-corrected chi connectivity index (χ2v) is 8.19. The molecule has 5 rings (SSSR count). The Labute approximate surface area is 179 Å². The van der Waals surface area contributed by atoms with E-state index in [0.29, 0.717) is 12.2 Å². The molecule has 0 bridgehead atoms. The van der Waals surface area contributed by atoms with E-state index < -0.39 is 0 Å². The number of para-hydroxylation sites is 2. The van der Waals surface area contributed by atoms with Crippen LogP contribution in [0.2, 0.25) is 0 Å². The maximum Gasteiger partial charge on any atom is 0.338 e. The van der Waals surface area contributed by atoms with Crippen LogP contribution < -0.4 is 4.90 Å². The molecule has 0 atom stereocenters. The lowest BCUT2D eigenvalue weighted by Crippen LogP contribution is -2.14. The van der Waals surface area contributed by atoms with Gasteiger partial charge in [0, 0.05) is 27.8 Å². The van der Waals surface area contributed by atoms with Crippen molar-refractivity contribution in [3.8, 4) is 11.3 Å². The number of hydrogen-bond acceptors (Lipinski definition) is 5. The van der Waals surface area contributed by atoms with E-state index in [9.17, 15) is 4.79 Å². The van der Waals surface area contributed by atoms with Gasteiger partial charge in [-0.1, -0.05) is 48.2 Å². The number of anilines is 2. The van der Waals surface area contributed by atoms with Crippen molar-refractivity contribution in [1.82, 2.24) is 4.98 Å². The van der Waals surface area contributed by atoms with Gasteiger partial charge in [-0.05, 0) is 43.3 Å². The second kappa shape index (κ2) is 7.50. The molecule has 1 aliphatic rings. The molecular formula is C25H20N2O2S. The van der Waals surface area contributed by atoms with Crippen LogP contribution in [0.3, 0.4) is 0 Å². The molecule has 4 aromatic rings. The van der Waals surface area contributed by atoms with Crippen LogP contribution in [-0.2, 0) is 4.74 Å². The quantitative estimate of drug-likeness (QED) is 0.369. The first-order valence-electron chi connectivity index (χ1n) is 9.87. The van der Waals surface area contributed by atoms with Crippen molar-refractivity contribution >= 4 is 40.0 Å². The normalized spacial score (nSPS) is 12.4. The first-order valence-corrected chi connectivity index (χ1v) is 10.7. The Morgan fingerprint density at radius 1 is 0.967 bits per heavy atom. The zero-order valence-electron chi connectivity index (χ0n) is 16.8. The summed E-state index contributed by atoms with van der Waals surface area (Å²) in [6.45, 7) is 2.15. The minimum Gasteiger partial charge on any atom is -0.462 e. The number of rotatable bonds is 3. The number of carbonyl (C=O) groups is 1. The lowest BCUT2D eigenvalue weighted by molar-refractivity contribution is 0.0528. The van der Waals surface area contributed by atoms with Gasteiger partial charge in [0.2, 0.25) is 0 Å². The molecule has 2 heterocycles. The summed E-state index contributed by atoms with van der Waals surface area (Å²) in [5.74, 6) is -0.322. The molecule has 0 saturated heterocycles. The number of nitrogens with zero attached hydrogens (tertiary/aromatic N) is 2. The Kier molecular flexibility index (Phi) is 4.68. The van der Waals surface area contributed by atoms with E-state index in [4.69, 9.17) is 9.72 Å². The van der Waals surface area contributed by atoms with E-state index in [1.807, 2.05) is 37.3 Å². The third-order valence-electron chi connectivity index (χ3n) is 5.27. The second-order valence-electron chi connectivity index (χ2n) is 7.10. The van der Waals surface area contributed by atoms with Crippen molar-refractivity contribution in [2.24, 2.45) is 0 Å². The van der Waals surface area contributed by atoms with Crippen LogP contribution in [-0.4, -0.2) is 24.6 Å². The van der Waals surface area contributed by atoms with Crippen LogP contribution in [0.4, 0.5) is 11.4 Å². The Morgan fingerprint density at radius 3 is 2.60 bits per heavy atom. The standard InChI is InChI=1S/C25H20N2O2S/c1-3-29-25(28)18-15-20(26-19-9-5-4-8-17(18)19)16-12-13-24-22(14-16)27(2)21-10-6-7-11-23(21)30-24/h4-15H,3H2,1-2H3. The van der Waals surface area contributed by atoms with Gasteiger partial charge in [-0.2, -0.15) is 0 Å². The van der Waals surface area contributed by atoms with Crippen molar-refractivity contribution in [3.63, 3.8) is 0 Å². The highest BCUT2D eigenvalue weighted by molar-refractivity contribution is 7.99. The molecule has 1 aliphatic heterocycles. The highest BCUT2D eigenvalue weighted by Crippen LogP contribution is 2.48. The van der Waals surface area contributed by atoms with Gasteiger partial charge in [0.05, 0.1) is 34.8 Å². The summed E-state index contributed by atoms with van der Waals surface area (Å²) in [7, 11) is 2.08. The summed E-state index contributed by atoms with van der Waals surface area (Å²) in [5.41, 5.74) is 5.37. The lowest BCUT2D eigenvalue weighted by atomic mass is 10.0. The molecule has 0 unspecified atom stereocenters. The summed E-state index contributed by atoms with van der Waals surface area (Å²) >= 11 is 1.77. The van der Waals surface area contributed by atoms with Crippen LogP contribution in [0.15, 0.2) is 82.6 Å². The number of aromatic nitrogens is 1. The average molecular weight is 413 g/mol. The number of carbonyl (C=O) groups excluding carboxylic acids is 1. The fourth-order valence-corrected chi connectivity index (χ4v) is 4.92. The molecule has 0 aliphatic carbocycles. The van der Waals surface area contributed by atoms with Crippen molar-refractivity contribution in [2.75, 3.05) is 18.6 Å². The Balaban J connectivity index is 1.64. The average Bonchev–Trinajstić information content (AvgIpc) is 2.78. The fraction of sp³-hybridized carbons (Fsp3) is 0.120. The van der Waals surface area contributed by atoms with Crippen LogP contribution in [0, 0.1) is 0 Å². The van der Waals surface area contributed by atoms with Gasteiger partial charge in [-0.15, -0.1) is 0 Å². The first kappa shape index (κ1) is 18.7. The molecule has 0 amide bonds. The summed E-state index contributed by atoms with van der Waals surface area (Å²) < 4.78 is 5.30. The van der Waals surface area contributed by atoms with E-state index in [-0.39, 0.29) is 5.97 Å². The highest BCUT2D eigenvalue weighted by Gasteiger charge is 2.22. The van der Waals surface area contributed by atoms with Gasteiger partial charge < -0.3 is 9.64 Å². The molecule has 0 N–H and O–H groups in total. The van der Waals surface area contributed by atoms with Crippen molar-refractivity contribution in [3.05, 3.63) is 78.4 Å². The summed E-state index contributed by atoms with van der Waals surface area (Å²) in [6, 6.07) is 24.3. The lowest BCUT2D eigenvalue weighted by Gasteiger charge is -2.29. The molecule has 4 nitrogen and oxygen atoms in total. The van der Waals surface area contributed by atoms with Crippen LogP contribution in [0.1, 0.15) is 17.3 Å². The predicted octanol–water partition coefficient (Wildman–Crippen LogP) is 6.31. The number of fused-ring (bicyclic) bond motifs is 3. The summed E-state index contributed by atoms with van der Waals surface area (Å²) in [4.78, 5) is 22.1. The third kappa shape index (κ3) is 3.12. The number of pyridine rings is 1. The maximum atomic E-state index is 12.6. The zero-order chi connectivity index (χ0) is 20.7. The highest BCUT2D eigenvalue weighted by atomic mass is 32.2. The molecular weight excluding hydrogens is 392 g/mol. The van der Waals surface area contributed by atoms with Crippen molar-refractivity contribution in [1.29, 1.82) is 0 Å². The third-order valence-corrected chi connectivity index (χ3v) is 6.40. The number of esters is 1. The SMILES string of the molecule is CCOC(=O)c1cc(-c2ccc3c(c2)N(C)c2ccccc2S3)nc2ccccc12. The summed E-state index contributed by atoms with van der Waals surface area (Å²) in [5, 5.41) is 0.805. The maximum absolute atomic E-state index is 12.6. The van der Waals surface area contributed by atoms with E-state index in [1.165, 1.54) is 15.5 Å². The Bertz CT molecular complexity index is 1290. The van der Waals surface area contributed by atoms with Crippen LogP contribution >= 0.6 is 11.8 Å². The minimum atomic E-state index is -0.322. The molecule has 3 aromatic carbocycles. The van der Waals surface area contributed by atoms with Gasteiger partial charge in [-0.25, -0.2) is 9.78 Å². The van der Waals surface area contributed by atoms with E-state index in [0.717, 1.165) is 27.8 Å². The smallest absolute Gasteiger partial charge is 0.338 e. The van der Waals surface area contributed by atoms with Gasteiger partial charge >= 0.3 is 5.97 Å². The summed E-state index contributed by atoms with van der Waals surface area (Å²) in [6.07, 6.45) is 0. The van der Waals surface area contributed by atoms with Gasteiger partial charge in [-0.3, -0.25) is 0 Å².